The van der Waals surface area contributed by atoms with Crippen molar-refractivity contribution in [2.45, 2.75) is 38.7 Å². The van der Waals surface area contributed by atoms with Gasteiger partial charge in [0, 0.05) is 12.8 Å². The number of ether oxygens (including phenoxy) is 2. The van der Waals surface area contributed by atoms with Gasteiger partial charge in [-0.15, -0.1) is 0 Å². The minimum absolute atomic E-state index is 0.0757. The van der Waals surface area contributed by atoms with Crippen LogP contribution in [0.2, 0.25) is 0 Å². The summed E-state index contributed by atoms with van der Waals surface area (Å²) in [5.41, 5.74) is 0. The van der Waals surface area contributed by atoms with Crippen molar-refractivity contribution in [3.8, 4) is 12.0 Å². The largest absolute Gasteiger partial charge is 0.481 e. The van der Waals surface area contributed by atoms with Crippen molar-refractivity contribution in [2.75, 3.05) is 7.11 Å². The van der Waals surface area contributed by atoms with Crippen LogP contribution < -0.4 is 0 Å². The van der Waals surface area contributed by atoms with Gasteiger partial charge in [-0.25, -0.2) is 0 Å². The molecule has 0 aromatic rings. The maximum absolute atomic E-state index is 11.2. The van der Waals surface area contributed by atoms with Crippen molar-refractivity contribution in [3.63, 3.8) is 0 Å². The SMILES string of the molecule is COC#CC(C)OC(=O)CCCCC(=O)O. The number of carboxylic acid groups (broad SMARTS) is 1. The van der Waals surface area contributed by atoms with E-state index in [2.05, 4.69) is 16.8 Å². The third kappa shape index (κ3) is 8.88. The van der Waals surface area contributed by atoms with Crippen molar-refractivity contribution in [2.24, 2.45) is 0 Å². The molecule has 0 aliphatic heterocycles. The Morgan fingerprint density at radius 1 is 1.31 bits per heavy atom. The van der Waals surface area contributed by atoms with Crippen LogP contribution in [-0.2, 0) is 19.1 Å². The fourth-order valence-electron chi connectivity index (χ4n) is 0.973. The van der Waals surface area contributed by atoms with Gasteiger partial charge in [-0.3, -0.25) is 9.59 Å². The highest BCUT2D eigenvalue weighted by molar-refractivity contribution is 5.70. The van der Waals surface area contributed by atoms with Crippen LogP contribution in [0, 0.1) is 12.0 Å². The molecule has 0 radical (unpaired) electrons. The number of rotatable bonds is 6. The number of unbranched alkanes of at least 4 members (excludes halogenated alkanes) is 1. The number of hydrogen-bond donors (Lipinski definition) is 1. The van der Waals surface area contributed by atoms with E-state index in [9.17, 15) is 9.59 Å². The Bertz CT molecular complexity index is 286. The fourth-order valence-corrected chi connectivity index (χ4v) is 0.973. The Morgan fingerprint density at radius 3 is 2.50 bits per heavy atom. The number of esters is 1. The van der Waals surface area contributed by atoms with E-state index in [1.54, 1.807) is 6.92 Å². The average Bonchev–Trinajstić information content (AvgIpc) is 2.21. The molecule has 90 valence electrons. The average molecular weight is 228 g/mol. The van der Waals surface area contributed by atoms with Crippen LogP contribution in [0.3, 0.4) is 0 Å². The standard InChI is InChI=1S/C11H16O5/c1-9(7-8-15-2)16-11(14)6-4-3-5-10(12)13/h9H,3-6H2,1-2H3,(H,12,13). The molecule has 0 amide bonds. The maximum atomic E-state index is 11.2. The lowest BCUT2D eigenvalue weighted by molar-refractivity contribution is -0.146. The van der Waals surface area contributed by atoms with Crippen LogP contribution in [0.15, 0.2) is 0 Å². The summed E-state index contributed by atoms with van der Waals surface area (Å²) >= 11 is 0. The van der Waals surface area contributed by atoms with Crippen LogP contribution in [0.4, 0.5) is 0 Å². The summed E-state index contributed by atoms with van der Waals surface area (Å²) in [6.07, 6.45) is 3.10. The third-order valence-corrected chi connectivity index (χ3v) is 1.69. The van der Waals surface area contributed by atoms with Gasteiger partial charge >= 0.3 is 11.9 Å². The molecule has 0 spiro atoms. The van der Waals surface area contributed by atoms with Crippen LogP contribution >= 0.6 is 0 Å². The molecular weight excluding hydrogens is 212 g/mol. The molecule has 0 bridgehead atoms. The van der Waals surface area contributed by atoms with Gasteiger partial charge in [-0.2, -0.15) is 0 Å². The third-order valence-electron chi connectivity index (χ3n) is 1.69. The Labute approximate surface area is 94.7 Å². The lowest BCUT2D eigenvalue weighted by atomic mass is 10.2. The first kappa shape index (κ1) is 14.3. The summed E-state index contributed by atoms with van der Waals surface area (Å²) in [5.74, 6) is 1.34. The summed E-state index contributed by atoms with van der Waals surface area (Å²) in [4.78, 5) is 21.4. The van der Waals surface area contributed by atoms with E-state index in [0.29, 0.717) is 12.8 Å². The zero-order valence-electron chi connectivity index (χ0n) is 9.49. The van der Waals surface area contributed by atoms with Gasteiger partial charge in [-0.1, -0.05) is 0 Å². The van der Waals surface area contributed by atoms with Crippen molar-refractivity contribution >= 4 is 11.9 Å². The van der Waals surface area contributed by atoms with Gasteiger partial charge in [0.2, 0.25) is 0 Å². The van der Waals surface area contributed by atoms with E-state index >= 15 is 0 Å². The molecule has 0 aromatic carbocycles. The second-order valence-corrected chi connectivity index (χ2v) is 3.18. The summed E-state index contributed by atoms with van der Waals surface area (Å²) in [6, 6.07) is 0. The zero-order valence-corrected chi connectivity index (χ0v) is 9.49. The topological polar surface area (TPSA) is 72.8 Å². The highest BCUT2D eigenvalue weighted by atomic mass is 16.5. The molecule has 1 atom stereocenters. The molecule has 16 heavy (non-hydrogen) atoms. The Hall–Kier alpha value is -1.70. The fraction of sp³-hybridized carbons (Fsp3) is 0.636. The predicted molar refractivity (Wildman–Crippen MR) is 56.4 cm³/mol. The molecule has 5 nitrogen and oxygen atoms in total. The molecule has 0 saturated heterocycles. The Kier molecular flexibility index (Phi) is 7.68. The van der Waals surface area contributed by atoms with Gasteiger partial charge in [0.1, 0.15) is 6.11 Å². The first-order valence-corrected chi connectivity index (χ1v) is 5.01. The number of carboxylic acids is 1. The highest BCUT2D eigenvalue weighted by Gasteiger charge is 2.07. The van der Waals surface area contributed by atoms with E-state index in [1.807, 2.05) is 0 Å². The molecule has 5 heteroatoms. The van der Waals surface area contributed by atoms with E-state index in [0.717, 1.165) is 0 Å². The van der Waals surface area contributed by atoms with Gasteiger partial charge in [0.05, 0.1) is 7.11 Å². The molecule has 0 aromatic heterocycles. The smallest absolute Gasteiger partial charge is 0.307 e. The lowest BCUT2D eigenvalue weighted by Gasteiger charge is -2.06. The Morgan fingerprint density at radius 2 is 1.94 bits per heavy atom. The van der Waals surface area contributed by atoms with Gasteiger partial charge in [0.15, 0.2) is 6.10 Å². The van der Waals surface area contributed by atoms with E-state index in [1.165, 1.54) is 7.11 Å². The molecule has 0 fully saturated rings. The number of hydrogen-bond acceptors (Lipinski definition) is 4. The summed E-state index contributed by atoms with van der Waals surface area (Å²) in [5, 5.41) is 8.37. The second kappa shape index (κ2) is 8.60. The van der Waals surface area contributed by atoms with Crippen LogP contribution in [0.25, 0.3) is 0 Å². The number of carbonyl (C=O) groups excluding carboxylic acids is 1. The monoisotopic (exact) mass is 228 g/mol. The number of carbonyl (C=O) groups is 2. The van der Waals surface area contributed by atoms with Crippen LogP contribution in [0.5, 0.6) is 0 Å². The van der Waals surface area contributed by atoms with Gasteiger partial charge in [0.25, 0.3) is 0 Å². The molecule has 0 heterocycles. The minimum atomic E-state index is -0.854. The first-order valence-electron chi connectivity index (χ1n) is 5.01. The zero-order chi connectivity index (χ0) is 12.4. The molecular formula is C11H16O5. The van der Waals surface area contributed by atoms with Crippen molar-refractivity contribution in [1.82, 2.24) is 0 Å². The van der Waals surface area contributed by atoms with E-state index in [4.69, 9.17) is 9.84 Å². The number of aliphatic carboxylic acids is 1. The van der Waals surface area contributed by atoms with Crippen LogP contribution in [0.1, 0.15) is 32.6 Å². The molecule has 0 rings (SSSR count). The van der Waals surface area contributed by atoms with Crippen molar-refractivity contribution in [1.29, 1.82) is 0 Å². The summed E-state index contributed by atoms with van der Waals surface area (Å²) < 4.78 is 9.42. The quantitative estimate of drug-likeness (QED) is 0.419. The minimum Gasteiger partial charge on any atom is -0.481 e. The lowest BCUT2D eigenvalue weighted by Crippen LogP contribution is -2.13. The highest BCUT2D eigenvalue weighted by Crippen LogP contribution is 2.02. The summed E-state index contributed by atoms with van der Waals surface area (Å²) in [6.45, 7) is 1.64. The van der Waals surface area contributed by atoms with Gasteiger partial charge in [-0.05, 0) is 25.7 Å². The van der Waals surface area contributed by atoms with Crippen molar-refractivity contribution < 1.29 is 24.2 Å². The maximum Gasteiger partial charge on any atom is 0.307 e. The molecule has 0 aliphatic rings. The van der Waals surface area contributed by atoms with E-state index in [-0.39, 0.29) is 18.8 Å². The van der Waals surface area contributed by atoms with Crippen LogP contribution in [-0.4, -0.2) is 30.3 Å². The molecule has 0 saturated carbocycles. The predicted octanol–water partition coefficient (Wildman–Crippen LogP) is 1.17. The first-order chi connectivity index (χ1) is 7.56. The van der Waals surface area contributed by atoms with Crippen molar-refractivity contribution in [3.05, 3.63) is 0 Å². The molecule has 1 N–H and O–H groups in total. The summed E-state index contributed by atoms with van der Waals surface area (Å²) in [7, 11) is 1.42. The second-order valence-electron chi connectivity index (χ2n) is 3.18. The Balaban J connectivity index is 3.62. The van der Waals surface area contributed by atoms with Gasteiger partial charge < -0.3 is 14.6 Å². The van der Waals surface area contributed by atoms with E-state index < -0.39 is 12.1 Å². The molecule has 1 unspecified atom stereocenters. The number of methoxy groups -OCH3 is 1. The normalized spacial score (nSPS) is 10.9. The molecule has 0 aliphatic carbocycles.